The number of rotatable bonds is 3. The van der Waals surface area contributed by atoms with Gasteiger partial charge in [-0.25, -0.2) is 0 Å². The Bertz CT molecular complexity index is 429. The van der Waals surface area contributed by atoms with Gasteiger partial charge in [-0.15, -0.1) is 0 Å². The van der Waals surface area contributed by atoms with Gasteiger partial charge in [-0.1, -0.05) is 6.07 Å². The smallest absolute Gasteiger partial charge is 0.0583 e. The van der Waals surface area contributed by atoms with Crippen LogP contribution in [0.25, 0.3) is 0 Å². The molecule has 0 radical (unpaired) electrons. The van der Waals surface area contributed by atoms with Crippen LogP contribution >= 0.6 is 0 Å². The first-order valence-electron chi connectivity index (χ1n) is 4.81. The lowest BCUT2D eigenvalue weighted by Crippen LogP contribution is -1.82. The number of nitrogens with zero attached hydrogens (tertiary/aromatic N) is 4. The van der Waals surface area contributed by atoms with Crippen molar-refractivity contribution < 1.29 is 0 Å². The molecule has 0 unspecified atom stereocenters. The molecule has 78 valence electrons. The molecule has 0 amide bonds. The van der Waals surface area contributed by atoms with Crippen molar-refractivity contribution in [1.29, 1.82) is 0 Å². The Balaban J connectivity index is 1.98. The van der Waals surface area contributed by atoms with E-state index in [0.717, 1.165) is 11.1 Å². The lowest BCUT2D eigenvalue weighted by molar-refractivity contribution is 1.25. The SMILES string of the molecule is C(=N\N=C\c1cccnc1)/c1ccncc1. The molecule has 2 heterocycles. The molecule has 0 aromatic carbocycles. The van der Waals surface area contributed by atoms with Crippen LogP contribution in [0.1, 0.15) is 11.1 Å². The van der Waals surface area contributed by atoms with Gasteiger partial charge in [-0.05, 0) is 23.8 Å². The summed E-state index contributed by atoms with van der Waals surface area (Å²) in [5, 5.41) is 7.85. The van der Waals surface area contributed by atoms with Crippen molar-refractivity contribution in [3.05, 3.63) is 60.2 Å². The molecule has 0 atom stereocenters. The summed E-state index contributed by atoms with van der Waals surface area (Å²) in [5.41, 5.74) is 1.90. The van der Waals surface area contributed by atoms with Crippen molar-refractivity contribution >= 4 is 12.4 Å². The average molecular weight is 210 g/mol. The highest BCUT2D eigenvalue weighted by Gasteiger charge is 1.84. The first-order chi connectivity index (χ1) is 7.95. The number of pyridine rings is 2. The summed E-state index contributed by atoms with van der Waals surface area (Å²) in [7, 11) is 0. The molecule has 2 rings (SSSR count). The van der Waals surface area contributed by atoms with Crippen LogP contribution in [0.4, 0.5) is 0 Å². The minimum absolute atomic E-state index is 0.925. The minimum Gasteiger partial charge on any atom is -0.265 e. The fraction of sp³-hybridized carbons (Fsp3) is 0. The predicted octanol–water partition coefficient (Wildman–Crippen LogP) is 1.93. The van der Waals surface area contributed by atoms with Gasteiger partial charge in [0, 0.05) is 30.4 Å². The quantitative estimate of drug-likeness (QED) is 0.574. The molecule has 16 heavy (non-hydrogen) atoms. The van der Waals surface area contributed by atoms with E-state index in [1.807, 2.05) is 24.3 Å². The summed E-state index contributed by atoms with van der Waals surface area (Å²) in [6, 6.07) is 7.50. The summed E-state index contributed by atoms with van der Waals surface area (Å²) in [6.07, 6.45) is 10.2. The zero-order valence-electron chi connectivity index (χ0n) is 8.56. The van der Waals surface area contributed by atoms with E-state index in [-0.39, 0.29) is 0 Å². The second-order valence-corrected chi connectivity index (χ2v) is 3.06. The van der Waals surface area contributed by atoms with Crippen molar-refractivity contribution in [2.75, 3.05) is 0 Å². The molecule has 0 saturated carbocycles. The van der Waals surface area contributed by atoms with Crippen molar-refractivity contribution in [3.8, 4) is 0 Å². The molecule has 0 aliphatic rings. The van der Waals surface area contributed by atoms with E-state index in [1.165, 1.54) is 0 Å². The van der Waals surface area contributed by atoms with Crippen LogP contribution in [-0.4, -0.2) is 22.4 Å². The molecule has 0 fully saturated rings. The third kappa shape index (κ3) is 3.09. The lowest BCUT2D eigenvalue weighted by Gasteiger charge is -1.88. The van der Waals surface area contributed by atoms with Crippen LogP contribution in [0.3, 0.4) is 0 Å². The fourth-order valence-electron chi connectivity index (χ4n) is 1.10. The number of hydrogen-bond acceptors (Lipinski definition) is 4. The summed E-state index contributed by atoms with van der Waals surface area (Å²) in [6.45, 7) is 0. The summed E-state index contributed by atoms with van der Waals surface area (Å²) in [5.74, 6) is 0. The van der Waals surface area contributed by atoms with Gasteiger partial charge >= 0.3 is 0 Å². The third-order valence-electron chi connectivity index (χ3n) is 1.87. The average Bonchev–Trinajstić information content (AvgIpc) is 2.37. The number of aromatic nitrogens is 2. The van der Waals surface area contributed by atoms with Gasteiger partial charge < -0.3 is 0 Å². The first kappa shape index (κ1) is 10.2. The zero-order valence-corrected chi connectivity index (χ0v) is 8.56. The van der Waals surface area contributed by atoms with Crippen molar-refractivity contribution in [3.63, 3.8) is 0 Å². The molecule has 0 aliphatic carbocycles. The van der Waals surface area contributed by atoms with Gasteiger partial charge in [0.25, 0.3) is 0 Å². The molecule has 4 nitrogen and oxygen atoms in total. The highest BCUT2D eigenvalue weighted by molar-refractivity contribution is 5.82. The van der Waals surface area contributed by atoms with Crippen molar-refractivity contribution in [2.24, 2.45) is 10.2 Å². The highest BCUT2D eigenvalue weighted by Crippen LogP contribution is 1.93. The summed E-state index contributed by atoms with van der Waals surface area (Å²) < 4.78 is 0. The molecule has 0 N–H and O–H groups in total. The molecular weight excluding hydrogens is 200 g/mol. The Kier molecular flexibility index (Phi) is 3.50. The minimum atomic E-state index is 0.925. The molecule has 2 aromatic rings. The second kappa shape index (κ2) is 5.50. The first-order valence-corrected chi connectivity index (χ1v) is 4.81. The summed E-state index contributed by atoms with van der Waals surface area (Å²) >= 11 is 0. The van der Waals surface area contributed by atoms with E-state index in [9.17, 15) is 0 Å². The largest absolute Gasteiger partial charge is 0.265 e. The third-order valence-corrected chi connectivity index (χ3v) is 1.87. The van der Waals surface area contributed by atoms with Gasteiger partial charge in [0.2, 0.25) is 0 Å². The van der Waals surface area contributed by atoms with E-state index in [2.05, 4.69) is 20.2 Å². The van der Waals surface area contributed by atoms with Gasteiger partial charge in [0.05, 0.1) is 12.4 Å². The molecule has 2 aromatic heterocycles. The maximum absolute atomic E-state index is 3.97. The van der Waals surface area contributed by atoms with E-state index in [1.54, 1.807) is 37.2 Å². The van der Waals surface area contributed by atoms with Crippen molar-refractivity contribution in [1.82, 2.24) is 9.97 Å². The predicted molar refractivity (Wildman–Crippen MR) is 63.7 cm³/mol. The van der Waals surface area contributed by atoms with E-state index >= 15 is 0 Å². The zero-order chi connectivity index (χ0) is 11.1. The van der Waals surface area contributed by atoms with Crippen molar-refractivity contribution in [2.45, 2.75) is 0 Å². The van der Waals surface area contributed by atoms with Gasteiger partial charge in [-0.2, -0.15) is 10.2 Å². The monoisotopic (exact) mass is 210 g/mol. The molecule has 4 heteroatoms. The Hall–Kier alpha value is -2.36. The fourth-order valence-corrected chi connectivity index (χ4v) is 1.10. The molecule has 0 aliphatic heterocycles. The molecule has 0 bridgehead atoms. The molecule has 0 saturated heterocycles. The lowest BCUT2D eigenvalue weighted by atomic mass is 10.3. The Morgan fingerprint density at radius 1 is 0.812 bits per heavy atom. The summed E-state index contributed by atoms with van der Waals surface area (Å²) in [4.78, 5) is 7.88. The van der Waals surface area contributed by atoms with Crippen LogP contribution in [0.5, 0.6) is 0 Å². The van der Waals surface area contributed by atoms with Gasteiger partial charge in [0.15, 0.2) is 0 Å². The van der Waals surface area contributed by atoms with Crippen LogP contribution in [0.2, 0.25) is 0 Å². The topological polar surface area (TPSA) is 50.5 Å². The normalized spacial score (nSPS) is 11.2. The van der Waals surface area contributed by atoms with Crippen LogP contribution in [0, 0.1) is 0 Å². The molecular formula is C12H10N4. The number of hydrogen-bond donors (Lipinski definition) is 0. The Morgan fingerprint density at radius 2 is 1.56 bits per heavy atom. The van der Waals surface area contributed by atoms with E-state index in [4.69, 9.17) is 0 Å². The van der Waals surface area contributed by atoms with Crippen LogP contribution in [0.15, 0.2) is 59.3 Å². The standard InChI is InChI=1S/C12H10N4/c1-2-12(8-14-5-1)10-16-15-9-11-3-6-13-7-4-11/h1-10H/b15-9+,16-10+. The van der Waals surface area contributed by atoms with E-state index < -0.39 is 0 Å². The maximum atomic E-state index is 3.97. The van der Waals surface area contributed by atoms with Crippen LogP contribution in [-0.2, 0) is 0 Å². The van der Waals surface area contributed by atoms with Gasteiger partial charge in [-0.3, -0.25) is 9.97 Å². The van der Waals surface area contributed by atoms with E-state index in [0.29, 0.717) is 0 Å². The molecule has 0 spiro atoms. The van der Waals surface area contributed by atoms with Gasteiger partial charge in [0.1, 0.15) is 0 Å². The maximum Gasteiger partial charge on any atom is 0.0583 e. The Labute approximate surface area is 93.4 Å². The van der Waals surface area contributed by atoms with Crippen LogP contribution < -0.4 is 0 Å². The Morgan fingerprint density at radius 3 is 2.25 bits per heavy atom. The second-order valence-electron chi connectivity index (χ2n) is 3.06. The highest BCUT2D eigenvalue weighted by atomic mass is 15.2.